The molecule has 0 aromatic heterocycles. The molecule has 132 valence electrons. The normalized spacial score (nSPS) is 35.0. The molecule has 6 N–H and O–H groups in total. The Kier molecular flexibility index (Phi) is 6.54. The second-order valence-corrected chi connectivity index (χ2v) is 9.24. The molecular weight excluding hydrogens is 369 g/mol. The third kappa shape index (κ3) is 6.45. The van der Waals surface area contributed by atoms with Crippen LogP contribution in [0.25, 0.3) is 0 Å². The van der Waals surface area contributed by atoms with Crippen molar-refractivity contribution in [2.24, 2.45) is 11.8 Å². The molecule has 0 amide bonds. The molecule has 0 aliphatic heterocycles. The summed E-state index contributed by atoms with van der Waals surface area (Å²) in [7, 11) is -16.2. The molecule has 0 bridgehead atoms. The van der Waals surface area contributed by atoms with Gasteiger partial charge in [0.05, 0.1) is 18.8 Å². The lowest BCUT2D eigenvalue weighted by molar-refractivity contribution is 0.0207. The Bertz CT molecular complexity index is 529. The first-order valence-electron chi connectivity index (χ1n) is 5.87. The van der Waals surface area contributed by atoms with Crippen molar-refractivity contribution in [2.45, 2.75) is 25.6 Å². The van der Waals surface area contributed by atoms with E-state index in [1.165, 1.54) is 0 Å². The minimum absolute atomic E-state index is 0.228. The zero-order valence-corrected chi connectivity index (χ0v) is 13.9. The Labute approximate surface area is 125 Å². The van der Waals surface area contributed by atoms with Gasteiger partial charge in [-0.25, -0.2) is 13.7 Å². The van der Waals surface area contributed by atoms with Gasteiger partial charge in [0, 0.05) is 5.92 Å². The number of phosphoric ester groups is 1. The van der Waals surface area contributed by atoms with Crippen LogP contribution in [0.3, 0.4) is 0 Å². The molecule has 1 rings (SSSR count). The minimum atomic E-state index is -5.57. The number of hydrogen-bond acceptors (Lipinski definition) is 8. The predicted octanol–water partition coefficient (Wildman–Crippen LogP) is -0.293. The largest absolute Gasteiger partial charge is 0.490 e. The molecule has 0 saturated heterocycles. The second-order valence-electron chi connectivity index (χ2n) is 4.82. The van der Waals surface area contributed by atoms with Gasteiger partial charge in [-0.05, 0) is 12.3 Å². The maximum absolute atomic E-state index is 11.4. The number of aliphatic hydroxyl groups is 2. The topological polar surface area (TPSA) is 200 Å². The number of phosphoric acid groups is 3. The zero-order chi connectivity index (χ0) is 17.3. The van der Waals surface area contributed by atoms with Crippen molar-refractivity contribution in [1.82, 2.24) is 0 Å². The van der Waals surface area contributed by atoms with E-state index in [1.54, 1.807) is 6.92 Å². The van der Waals surface area contributed by atoms with Gasteiger partial charge < -0.3 is 29.8 Å². The van der Waals surface area contributed by atoms with Crippen LogP contribution in [0.15, 0.2) is 0 Å². The maximum atomic E-state index is 11.4. The van der Waals surface area contributed by atoms with Crippen LogP contribution in [-0.2, 0) is 26.8 Å². The van der Waals surface area contributed by atoms with E-state index in [9.17, 15) is 28.8 Å². The highest BCUT2D eigenvalue weighted by Gasteiger charge is 2.44. The molecule has 15 heteroatoms. The van der Waals surface area contributed by atoms with Gasteiger partial charge in [-0.15, -0.1) is 0 Å². The first kappa shape index (κ1) is 20.4. The van der Waals surface area contributed by atoms with Gasteiger partial charge in [-0.2, -0.15) is 8.62 Å². The van der Waals surface area contributed by atoms with E-state index >= 15 is 0 Å². The number of aliphatic hydroxyl groups excluding tert-OH is 2. The van der Waals surface area contributed by atoms with E-state index in [4.69, 9.17) is 14.7 Å². The molecule has 6 atom stereocenters. The Morgan fingerprint density at radius 3 is 1.95 bits per heavy atom. The molecule has 0 heterocycles. The fourth-order valence-electron chi connectivity index (χ4n) is 2.04. The Morgan fingerprint density at radius 2 is 1.55 bits per heavy atom. The van der Waals surface area contributed by atoms with Crippen molar-refractivity contribution in [3.8, 4) is 0 Å². The fraction of sp³-hybridized carbons (Fsp3) is 1.00. The van der Waals surface area contributed by atoms with Crippen molar-refractivity contribution >= 4 is 23.5 Å². The van der Waals surface area contributed by atoms with Crippen molar-refractivity contribution in [2.75, 3.05) is 6.61 Å². The van der Waals surface area contributed by atoms with E-state index in [1.807, 2.05) is 0 Å². The molecule has 0 aromatic rings. The van der Waals surface area contributed by atoms with Crippen molar-refractivity contribution in [3.63, 3.8) is 0 Å². The maximum Gasteiger partial charge on any atom is 0.490 e. The second kappa shape index (κ2) is 7.06. The first-order chi connectivity index (χ1) is 9.72. The summed E-state index contributed by atoms with van der Waals surface area (Å²) < 4.78 is 44.4. The molecule has 0 radical (unpaired) electrons. The van der Waals surface area contributed by atoms with E-state index in [-0.39, 0.29) is 12.3 Å². The Morgan fingerprint density at radius 1 is 1.00 bits per heavy atom. The van der Waals surface area contributed by atoms with Crippen molar-refractivity contribution < 1.29 is 56.6 Å². The summed E-state index contributed by atoms with van der Waals surface area (Å²) in [5.74, 6) is -1.22. The lowest BCUT2D eigenvalue weighted by atomic mass is 10.0. The van der Waals surface area contributed by atoms with Gasteiger partial charge in [0.25, 0.3) is 0 Å². The highest BCUT2D eigenvalue weighted by atomic mass is 31.3. The van der Waals surface area contributed by atoms with Gasteiger partial charge in [0.15, 0.2) is 0 Å². The molecule has 1 saturated carbocycles. The summed E-state index contributed by atoms with van der Waals surface area (Å²) in [6.45, 7) is 0.953. The Balaban J connectivity index is 2.63. The first-order valence-corrected chi connectivity index (χ1v) is 10.4. The van der Waals surface area contributed by atoms with E-state index in [0.29, 0.717) is 0 Å². The highest BCUT2D eigenvalue weighted by molar-refractivity contribution is 7.66. The molecule has 6 unspecified atom stereocenters. The number of hydrogen-bond donors (Lipinski definition) is 6. The summed E-state index contributed by atoms with van der Waals surface area (Å²) in [5.41, 5.74) is 0. The van der Waals surface area contributed by atoms with Crippen LogP contribution >= 0.6 is 23.5 Å². The summed E-state index contributed by atoms with van der Waals surface area (Å²) in [5, 5.41) is 19.4. The van der Waals surface area contributed by atoms with Crippen LogP contribution in [0, 0.1) is 11.8 Å². The molecule has 22 heavy (non-hydrogen) atoms. The average Bonchev–Trinajstić information content (AvgIpc) is 2.45. The monoisotopic (exact) mass is 386 g/mol. The standard InChI is InChI=1S/C7H17O12P3/c1-4-2-6(8)5(7(4)9)3-17-21(13,14)19-22(15,16)18-20(10,11)12/h4-9H,2-3H2,1H3,(H,13,14)(H,15,16)(H2,10,11,12). The molecule has 0 spiro atoms. The van der Waals surface area contributed by atoms with Gasteiger partial charge in [0.2, 0.25) is 0 Å². The van der Waals surface area contributed by atoms with E-state index in [2.05, 4.69) is 13.1 Å². The minimum Gasteiger partial charge on any atom is -0.393 e. The Hall–Kier alpha value is 0.330. The summed E-state index contributed by atoms with van der Waals surface area (Å²) in [6.07, 6.45) is -1.81. The van der Waals surface area contributed by atoms with Crippen LogP contribution in [-0.4, -0.2) is 48.6 Å². The van der Waals surface area contributed by atoms with Gasteiger partial charge in [0.1, 0.15) is 0 Å². The molecule has 1 aliphatic rings. The van der Waals surface area contributed by atoms with Gasteiger partial charge >= 0.3 is 23.5 Å². The van der Waals surface area contributed by atoms with Crippen LogP contribution in [0.5, 0.6) is 0 Å². The van der Waals surface area contributed by atoms with Crippen LogP contribution in [0.2, 0.25) is 0 Å². The summed E-state index contributed by atoms with van der Waals surface area (Å²) in [4.78, 5) is 34.9. The third-order valence-corrected chi connectivity index (χ3v) is 6.78. The van der Waals surface area contributed by atoms with Crippen molar-refractivity contribution in [3.05, 3.63) is 0 Å². The summed E-state index contributed by atoms with van der Waals surface area (Å²) >= 11 is 0. The quantitative estimate of drug-likeness (QED) is 0.313. The lowest BCUT2D eigenvalue weighted by Crippen LogP contribution is -2.28. The van der Waals surface area contributed by atoms with Crippen molar-refractivity contribution in [1.29, 1.82) is 0 Å². The highest BCUT2D eigenvalue weighted by Crippen LogP contribution is 2.66. The smallest absolute Gasteiger partial charge is 0.393 e. The fourth-order valence-corrected chi connectivity index (χ4v) is 5.09. The molecule has 0 aromatic carbocycles. The average molecular weight is 386 g/mol. The zero-order valence-electron chi connectivity index (χ0n) is 11.2. The van der Waals surface area contributed by atoms with Gasteiger partial charge in [-0.1, -0.05) is 6.92 Å². The predicted molar refractivity (Wildman–Crippen MR) is 69.1 cm³/mol. The number of rotatable bonds is 7. The SMILES string of the molecule is CC1CC(O)C(COP(=O)(O)OP(=O)(O)OP(=O)(O)O)C1O. The molecular formula is C7H17O12P3. The van der Waals surface area contributed by atoms with Crippen LogP contribution < -0.4 is 0 Å². The van der Waals surface area contributed by atoms with Crippen LogP contribution in [0.4, 0.5) is 0 Å². The van der Waals surface area contributed by atoms with Gasteiger partial charge in [-0.3, -0.25) is 4.52 Å². The van der Waals surface area contributed by atoms with E-state index in [0.717, 1.165) is 0 Å². The molecule has 1 fully saturated rings. The molecule has 12 nitrogen and oxygen atoms in total. The molecule has 1 aliphatic carbocycles. The lowest BCUT2D eigenvalue weighted by Gasteiger charge is -2.21. The van der Waals surface area contributed by atoms with E-state index < -0.39 is 48.2 Å². The third-order valence-electron chi connectivity index (χ3n) is 2.98. The summed E-state index contributed by atoms with van der Waals surface area (Å²) in [6, 6.07) is 0. The van der Waals surface area contributed by atoms with Crippen LogP contribution in [0.1, 0.15) is 13.3 Å².